The topological polar surface area (TPSA) is 63.6 Å². The Morgan fingerprint density at radius 2 is 2.22 bits per heavy atom. The summed E-state index contributed by atoms with van der Waals surface area (Å²) in [5.74, 6) is 0.128. The summed E-state index contributed by atoms with van der Waals surface area (Å²) in [7, 11) is 0. The predicted octanol–water partition coefficient (Wildman–Crippen LogP) is 1.56. The number of hydrogen-bond donors (Lipinski definition) is 1. The molecule has 0 saturated carbocycles. The molecule has 5 nitrogen and oxygen atoms in total. The number of fused-ring (bicyclic) bond motifs is 1. The van der Waals surface area contributed by atoms with Crippen molar-refractivity contribution in [1.29, 1.82) is 0 Å². The third-order valence-corrected chi connectivity index (χ3v) is 2.62. The summed E-state index contributed by atoms with van der Waals surface area (Å²) in [6.45, 7) is 1.68. The first kappa shape index (κ1) is 10.6. The minimum Gasteiger partial charge on any atom is -0.309 e. The molecule has 6 heteroatoms. The average molecular weight is 244 g/mol. The molecule has 0 amide bonds. The lowest BCUT2D eigenvalue weighted by Crippen LogP contribution is -2.12. The summed E-state index contributed by atoms with van der Waals surface area (Å²) >= 11 is 0. The van der Waals surface area contributed by atoms with Crippen LogP contribution in [-0.4, -0.2) is 19.5 Å². The smallest absolute Gasteiger partial charge is 0.277 e. The molecule has 18 heavy (non-hydrogen) atoms. The number of H-pyrrole nitrogens is 1. The highest BCUT2D eigenvalue weighted by molar-refractivity contribution is 5.72. The van der Waals surface area contributed by atoms with Gasteiger partial charge in [0, 0.05) is 0 Å². The van der Waals surface area contributed by atoms with Crippen molar-refractivity contribution in [2.45, 2.75) is 6.92 Å². The molecule has 0 aliphatic rings. The van der Waals surface area contributed by atoms with Gasteiger partial charge in [-0.25, -0.2) is 14.4 Å². The zero-order valence-corrected chi connectivity index (χ0v) is 9.51. The number of aromatic nitrogens is 4. The van der Waals surface area contributed by atoms with E-state index in [2.05, 4.69) is 15.0 Å². The zero-order chi connectivity index (χ0) is 12.7. The van der Waals surface area contributed by atoms with Crippen LogP contribution in [-0.2, 0) is 0 Å². The van der Waals surface area contributed by atoms with Gasteiger partial charge in [-0.3, -0.25) is 9.36 Å². The van der Waals surface area contributed by atoms with Gasteiger partial charge >= 0.3 is 0 Å². The fourth-order valence-corrected chi connectivity index (χ4v) is 1.86. The molecule has 0 radical (unpaired) electrons. The molecule has 3 rings (SSSR count). The van der Waals surface area contributed by atoms with Crippen LogP contribution in [0.1, 0.15) is 5.82 Å². The van der Waals surface area contributed by atoms with E-state index >= 15 is 0 Å². The second-order valence-electron chi connectivity index (χ2n) is 3.92. The standard InChI is InChI=1S/C12H9FN4O/c1-7-15-11-10(12(18)16-7)17(6-14-11)9-4-2-3-8(13)5-9/h2-6H,1H3,(H,15,16,18). The maximum absolute atomic E-state index is 13.2. The molecule has 0 atom stereocenters. The first-order valence-electron chi connectivity index (χ1n) is 5.35. The van der Waals surface area contributed by atoms with Crippen molar-refractivity contribution in [2.24, 2.45) is 0 Å². The van der Waals surface area contributed by atoms with Crippen LogP contribution in [0.2, 0.25) is 0 Å². The Bertz CT molecular complexity index is 790. The second-order valence-corrected chi connectivity index (χ2v) is 3.92. The summed E-state index contributed by atoms with van der Waals surface area (Å²) in [6.07, 6.45) is 1.46. The van der Waals surface area contributed by atoms with Gasteiger partial charge in [0.15, 0.2) is 11.2 Å². The van der Waals surface area contributed by atoms with E-state index in [9.17, 15) is 9.18 Å². The van der Waals surface area contributed by atoms with Gasteiger partial charge in [0.05, 0.1) is 5.69 Å². The zero-order valence-electron chi connectivity index (χ0n) is 9.51. The summed E-state index contributed by atoms with van der Waals surface area (Å²) < 4.78 is 14.7. The first-order chi connectivity index (χ1) is 8.65. The van der Waals surface area contributed by atoms with Gasteiger partial charge in [-0.2, -0.15) is 0 Å². The van der Waals surface area contributed by atoms with Crippen molar-refractivity contribution < 1.29 is 4.39 Å². The van der Waals surface area contributed by atoms with Gasteiger partial charge < -0.3 is 4.98 Å². The van der Waals surface area contributed by atoms with Crippen LogP contribution < -0.4 is 5.56 Å². The Labute approximate surface area is 101 Å². The summed E-state index contributed by atoms with van der Waals surface area (Å²) in [5, 5.41) is 0. The van der Waals surface area contributed by atoms with E-state index in [1.807, 2.05) is 0 Å². The molecule has 0 unspecified atom stereocenters. The van der Waals surface area contributed by atoms with Gasteiger partial charge in [-0.05, 0) is 25.1 Å². The molecule has 0 saturated heterocycles. The fraction of sp³-hybridized carbons (Fsp3) is 0.0833. The minimum absolute atomic E-state index is 0.292. The highest BCUT2D eigenvalue weighted by atomic mass is 19.1. The molecule has 2 heterocycles. The van der Waals surface area contributed by atoms with Gasteiger partial charge in [0.1, 0.15) is 18.0 Å². The SMILES string of the molecule is Cc1nc2ncn(-c3cccc(F)c3)c2c(=O)[nH]1. The number of halogens is 1. The molecule has 2 aromatic heterocycles. The quantitative estimate of drug-likeness (QED) is 0.706. The molecule has 0 aliphatic carbocycles. The van der Waals surface area contributed by atoms with Crippen LogP contribution in [0, 0.1) is 12.7 Å². The lowest BCUT2D eigenvalue weighted by Gasteiger charge is -2.03. The first-order valence-corrected chi connectivity index (χ1v) is 5.35. The van der Waals surface area contributed by atoms with Gasteiger partial charge in [0.2, 0.25) is 0 Å². The molecule has 0 aliphatic heterocycles. The summed E-state index contributed by atoms with van der Waals surface area (Å²) in [5.41, 5.74) is 0.902. The third-order valence-electron chi connectivity index (χ3n) is 2.62. The Hall–Kier alpha value is -2.50. The van der Waals surface area contributed by atoms with Gasteiger partial charge in [0.25, 0.3) is 5.56 Å². The second kappa shape index (κ2) is 3.76. The maximum Gasteiger partial charge on any atom is 0.277 e. The average Bonchev–Trinajstić information content (AvgIpc) is 2.72. The van der Waals surface area contributed by atoms with Crippen molar-refractivity contribution in [2.75, 3.05) is 0 Å². The van der Waals surface area contributed by atoms with E-state index in [1.54, 1.807) is 19.1 Å². The summed E-state index contributed by atoms with van der Waals surface area (Å²) in [6, 6.07) is 5.95. The van der Waals surface area contributed by atoms with Crippen LogP contribution in [0.15, 0.2) is 35.4 Å². The Balaban J connectivity index is 2.34. The molecule has 1 aromatic carbocycles. The highest BCUT2D eigenvalue weighted by Crippen LogP contribution is 2.14. The number of aromatic amines is 1. The van der Waals surface area contributed by atoms with E-state index in [4.69, 9.17) is 0 Å². The molecule has 0 spiro atoms. The molecular weight excluding hydrogens is 235 g/mol. The molecule has 1 N–H and O–H groups in total. The molecule has 90 valence electrons. The third kappa shape index (κ3) is 1.58. The van der Waals surface area contributed by atoms with E-state index in [0.29, 0.717) is 22.7 Å². The lowest BCUT2D eigenvalue weighted by molar-refractivity contribution is 0.627. The predicted molar refractivity (Wildman–Crippen MR) is 64.2 cm³/mol. The normalized spacial score (nSPS) is 11.0. The molecule has 3 aromatic rings. The Morgan fingerprint density at radius 1 is 1.39 bits per heavy atom. The van der Waals surface area contributed by atoms with Crippen molar-refractivity contribution in [1.82, 2.24) is 19.5 Å². The Kier molecular flexibility index (Phi) is 2.22. The monoisotopic (exact) mass is 244 g/mol. The Morgan fingerprint density at radius 3 is 3.00 bits per heavy atom. The highest BCUT2D eigenvalue weighted by Gasteiger charge is 2.10. The van der Waals surface area contributed by atoms with Crippen LogP contribution in [0.5, 0.6) is 0 Å². The minimum atomic E-state index is -0.370. The number of aryl methyl sites for hydroxylation is 1. The molecule has 0 bridgehead atoms. The van der Waals surface area contributed by atoms with E-state index in [-0.39, 0.29) is 11.4 Å². The largest absolute Gasteiger partial charge is 0.309 e. The molecule has 0 fully saturated rings. The molecular formula is C12H9FN4O. The number of hydrogen-bond acceptors (Lipinski definition) is 3. The van der Waals surface area contributed by atoms with E-state index < -0.39 is 0 Å². The van der Waals surface area contributed by atoms with Crippen LogP contribution in [0.3, 0.4) is 0 Å². The fourth-order valence-electron chi connectivity index (χ4n) is 1.86. The van der Waals surface area contributed by atoms with E-state index in [1.165, 1.54) is 23.0 Å². The van der Waals surface area contributed by atoms with Gasteiger partial charge in [-0.15, -0.1) is 0 Å². The van der Waals surface area contributed by atoms with Crippen molar-refractivity contribution in [3.8, 4) is 5.69 Å². The lowest BCUT2D eigenvalue weighted by atomic mass is 10.3. The van der Waals surface area contributed by atoms with Crippen LogP contribution in [0.25, 0.3) is 16.9 Å². The summed E-state index contributed by atoms with van der Waals surface area (Å²) in [4.78, 5) is 22.7. The number of rotatable bonds is 1. The van der Waals surface area contributed by atoms with Crippen LogP contribution >= 0.6 is 0 Å². The number of nitrogens with one attached hydrogen (secondary N) is 1. The van der Waals surface area contributed by atoms with Crippen molar-refractivity contribution >= 4 is 11.2 Å². The van der Waals surface area contributed by atoms with E-state index in [0.717, 1.165) is 0 Å². The van der Waals surface area contributed by atoms with Crippen molar-refractivity contribution in [3.63, 3.8) is 0 Å². The number of imidazole rings is 1. The van der Waals surface area contributed by atoms with Gasteiger partial charge in [-0.1, -0.05) is 6.07 Å². The number of nitrogens with zero attached hydrogens (tertiary/aromatic N) is 3. The number of benzene rings is 1. The van der Waals surface area contributed by atoms with Crippen LogP contribution in [0.4, 0.5) is 4.39 Å². The van der Waals surface area contributed by atoms with Crippen molar-refractivity contribution in [3.05, 3.63) is 52.6 Å². The maximum atomic E-state index is 13.2.